The second kappa shape index (κ2) is 5.45. The molecular formula is C14H22N4O. The lowest BCUT2D eigenvalue weighted by atomic mass is 10.0. The number of fused-ring (bicyclic) bond motifs is 1. The highest BCUT2D eigenvalue weighted by Crippen LogP contribution is 2.24. The lowest BCUT2D eigenvalue weighted by Gasteiger charge is -2.37. The molecule has 104 valence electrons. The Balaban J connectivity index is 1.59. The molecule has 2 fully saturated rings. The molecule has 5 nitrogen and oxygen atoms in total. The van der Waals surface area contributed by atoms with Crippen LogP contribution in [-0.2, 0) is 11.2 Å². The van der Waals surface area contributed by atoms with Crippen molar-refractivity contribution in [3.8, 4) is 0 Å². The molecule has 0 aliphatic carbocycles. The summed E-state index contributed by atoms with van der Waals surface area (Å²) in [4.78, 5) is 6.52. The van der Waals surface area contributed by atoms with Crippen molar-refractivity contribution in [1.29, 1.82) is 0 Å². The van der Waals surface area contributed by atoms with Gasteiger partial charge in [-0.25, -0.2) is 4.98 Å². The van der Waals surface area contributed by atoms with Gasteiger partial charge in [-0.05, 0) is 43.5 Å². The van der Waals surface area contributed by atoms with Crippen LogP contribution in [0.1, 0.15) is 18.4 Å². The van der Waals surface area contributed by atoms with Gasteiger partial charge in [-0.1, -0.05) is 0 Å². The first-order chi connectivity index (χ1) is 9.22. The van der Waals surface area contributed by atoms with Crippen molar-refractivity contribution in [3.63, 3.8) is 0 Å². The normalized spacial score (nSPS) is 29.1. The Morgan fingerprint density at radius 2 is 2.42 bits per heavy atom. The third kappa shape index (κ3) is 2.88. The van der Waals surface area contributed by atoms with Crippen LogP contribution in [0.25, 0.3) is 0 Å². The number of pyridine rings is 1. The Labute approximate surface area is 113 Å². The maximum absolute atomic E-state index is 6.30. The monoisotopic (exact) mass is 262 g/mol. The quantitative estimate of drug-likeness (QED) is 0.824. The van der Waals surface area contributed by atoms with E-state index in [1.165, 1.54) is 19.4 Å². The Morgan fingerprint density at radius 3 is 3.26 bits per heavy atom. The van der Waals surface area contributed by atoms with Crippen molar-refractivity contribution in [2.24, 2.45) is 5.73 Å². The van der Waals surface area contributed by atoms with Crippen LogP contribution in [0.4, 0.5) is 5.82 Å². The molecule has 2 saturated heterocycles. The van der Waals surface area contributed by atoms with Crippen LogP contribution in [-0.4, -0.2) is 47.8 Å². The third-order valence-electron chi connectivity index (χ3n) is 4.21. The molecule has 3 unspecified atom stereocenters. The van der Waals surface area contributed by atoms with E-state index in [1.54, 1.807) is 6.20 Å². The summed E-state index contributed by atoms with van der Waals surface area (Å²) >= 11 is 0. The third-order valence-corrected chi connectivity index (χ3v) is 4.21. The first kappa shape index (κ1) is 12.8. The molecule has 1 aromatic rings. The number of rotatable bonds is 3. The van der Waals surface area contributed by atoms with Crippen LogP contribution in [0.2, 0.25) is 0 Å². The van der Waals surface area contributed by atoms with E-state index in [9.17, 15) is 0 Å². The molecule has 1 aromatic heterocycles. The summed E-state index contributed by atoms with van der Waals surface area (Å²) in [5.74, 6) is 0.550. The molecule has 0 amide bonds. The lowest BCUT2D eigenvalue weighted by molar-refractivity contribution is -0.0589. The molecule has 0 radical (unpaired) electrons. The maximum atomic E-state index is 6.30. The summed E-state index contributed by atoms with van der Waals surface area (Å²) in [7, 11) is 0. The predicted octanol–water partition coefficient (Wildman–Crippen LogP) is 0.397. The van der Waals surface area contributed by atoms with Crippen molar-refractivity contribution in [2.45, 2.75) is 37.5 Å². The zero-order valence-electron chi connectivity index (χ0n) is 11.2. The highest BCUT2D eigenvalue weighted by atomic mass is 16.5. The summed E-state index contributed by atoms with van der Waals surface area (Å²) in [6.07, 6.45) is 5.20. The number of nitrogens with two attached hydrogens (primary N) is 2. The first-order valence-electron chi connectivity index (χ1n) is 7.04. The van der Waals surface area contributed by atoms with Crippen molar-refractivity contribution < 1.29 is 4.74 Å². The molecule has 0 bridgehead atoms. The van der Waals surface area contributed by atoms with Gasteiger partial charge >= 0.3 is 0 Å². The largest absolute Gasteiger partial charge is 0.384 e. The van der Waals surface area contributed by atoms with Crippen LogP contribution < -0.4 is 11.5 Å². The van der Waals surface area contributed by atoms with Crippen LogP contribution in [0.15, 0.2) is 18.3 Å². The fourth-order valence-electron chi connectivity index (χ4n) is 3.13. The van der Waals surface area contributed by atoms with Crippen LogP contribution >= 0.6 is 0 Å². The van der Waals surface area contributed by atoms with E-state index in [0.717, 1.165) is 25.1 Å². The summed E-state index contributed by atoms with van der Waals surface area (Å²) in [5, 5.41) is 0. The van der Waals surface area contributed by atoms with Crippen LogP contribution in [0.5, 0.6) is 0 Å². The fourth-order valence-corrected chi connectivity index (χ4v) is 3.13. The van der Waals surface area contributed by atoms with Crippen LogP contribution in [0.3, 0.4) is 0 Å². The van der Waals surface area contributed by atoms with Gasteiger partial charge in [-0.2, -0.15) is 0 Å². The van der Waals surface area contributed by atoms with Crippen molar-refractivity contribution in [3.05, 3.63) is 23.9 Å². The van der Waals surface area contributed by atoms with Crippen LogP contribution in [0, 0.1) is 0 Å². The molecule has 5 heteroatoms. The lowest BCUT2D eigenvalue weighted by Crippen LogP contribution is -2.53. The molecule has 0 spiro atoms. The summed E-state index contributed by atoms with van der Waals surface area (Å²) in [6, 6.07) is 4.50. The standard InChI is InChI=1S/C14H22N4O/c15-12(6-10-3-4-17-14(16)7-10)13-8-18-5-1-2-11(18)9-19-13/h3-4,7,11-13H,1-2,5-6,8-9,15H2,(H2,16,17). The summed E-state index contributed by atoms with van der Waals surface area (Å²) in [6.45, 7) is 2.99. The van der Waals surface area contributed by atoms with Crippen molar-refractivity contribution in [2.75, 3.05) is 25.4 Å². The number of ether oxygens (including phenoxy) is 1. The smallest absolute Gasteiger partial charge is 0.123 e. The maximum Gasteiger partial charge on any atom is 0.123 e. The molecule has 2 aliphatic rings. The number of nitrogens with zero attached hydrogens (tertiary/aromatic N) is 2. The molecule has 3 rings (SSSR count). The number of hydrogen-bond donors (Lipinski definition) is 2. The van der Waals surface area contributed by atoms with E-state index in [4.69, 9.17) is 16.2 Å². The SMILES string of the molecule is Nc1cc(CC(N)C2CN3CCCC3CO2)ccn1. The van der Waals surface area contributed by atoms with Crippen molar-refractivity contribution >= 4 is 5.82 Å². The van der Waals surface area contributed by atoms with E-state index >= 15 is 0 Å². The zero-order chi connectivity index (χ0) is 13.2. The molecule has 0 aromatic carbocycles. The second-order valence-corrected chi connectivity index (χ2v) is 5.62. The van der Waals surface area contributed by atoms with E-state index in [2.05, 4.69) is 9.88 Å². The van der Waals surface area contributed by atoms with Gasteiger partial charge in [0.1, 0.15) is 5.82 Å². The Hall–Kier alpha value is -1.17. The fraction of sp³-hybridized carbons (Fsp3) is 0.643. The molecule has 4 N–H and O–H groups in total. The number of anilines is 1. The molecule has 3 atom stereocenters. The number of aromatic nitrogens is 1. The molecule has 3 heterocycles. The molecule has 19 heavy (non-hydrogen) atoms. The van der Waals surface area contributed by atoms with Gasteiger partial charge in [0, 0.05) is 24.8 Å². The van der Waals surface area contributed by atoms with Gasteiger partial charge in [0.15, 0.2) is 0 Å². The van der Waals surface area contributed by atoms with E-state index in [1.807, 2.05) is 12.1 Å². The molecular weight excluding hydrogens is 240 g/mol. The molecule has 0 saturated carbocycles. The summed E-state index contributed by atoms with van der Waals surface area (Å²) < 4.78 is 5.94. The average Bonchev–Trinajstić information content (AvgIpc) is 2.85. The Kier molecular flexibility index (Phi) is 3.68. The number of morpholine rings is 1. The van der Waals surface area contributed by atoms with Gasteiger partial charge in [-0.15, -0.1) is 0 Å². The van der Waals surface area contributed by atoms with Gasteiger partial charge < -0.3 is 16.2 Å². The van der Waals surface area contributed by atoms with Gasteiger partial charge in [0.05, 0.1) is 12.7 Å². The van der Waals surface area contributed by atoms with Gasteiger partial charge in [0.25, 0.3) is 0 Å². The van der Waals surface area contributed by atoms with E-state index < -0.39 is 0 Å². The van der Waals surface area contributed by atoms with E-state index in [-0.39, 0.29) is 12.1 Å². The number of nitrogen functional groups attached to an aromatic ring is 1. The minimum absolute atomic E-state index is 0.0170. The van der Waals surface area contributed by atoms with E-state index in [0.29, 0.717) is 11.9 Å². The zero-order valence-corrected chi connectivity index (χ0v) is 11.2. The Bertz CT molecular complexity index is 439. The highest BCUT2D eigenvalue weighted by molar-refractivity contribution is 5.32. The Morgan fingerprint density at radius 1 is 1.53 bits per heavy atom. The number of hydrogen-bond acceptors (Lipinski definition) is 5. The van der Waals surface area contributed by atoms with Gasteiger partial charge in [0.2, 0.25) is 0 Å². The average molecular weight is 262 g/mol. The second-order valence-electron chi connectivity index (χ2n) is 5.62. The van der Waals surface area contributed by atoms with Crippen molar-refractivity contribution in [1.82, 2.24) is 9.88 Å². The predicted molar refractivity (Wildman–Crippen MR) is 74.7 cm³/mol. The first-order valence-corrected chi connectivity index (χ1v) is 7.04. The highest BCUT2D eigenvalue weighted by Gasteiger charge is 2.34. The molecule has 2 aliphatic heterocycles. The minimum Gasteiger partial charge on any atom is -0.384 e. The minimum atomic E-state index is 0.0170. The topological polar surface area (TPSA) is 77.4 Å². The summed E-state index contributed by atoms with van der Waals surface area (Å²) in [5.41, 5.74) is 13.1. The van der Waals surface area contributed by atoms with Gasteiger partial charge in [-0.3, -0.25) is 4.90 Å².